The third-order valence-corrected chi connectivity index (χ3v) is 2.95. The third-order valence-electron chi connectivity index (χ3n) is 2.95. The first kappa shape index (κ1) is 12.1. The summed E-state index contributed by atoms with van der Waals surface area (Å²) in [5.41, 5.74) is 2.08. The molecule has 0 bridgehead atoms. The van der Waals surface area contributed by atoms with Crippen LogP contribution in [-0.4, -0.2) is 10.8 Å². The van der Waals surface area contributed by atoms with Crippen molar-refractivity contribution < 1.29 is 9.66 Å². The average Bonchev–Trinajstić information content (AvgIpc) is 2.76. The number of nitrogens with zero attached hydrogens (tertiary/aromatic N) is 2. The van der Waals surface area contributed by atoms with Crippen LogP contribution in [0.1, 0.15) is 11.1 Å². The van der Waals surface area contributed by atoms with E-state index in [0.29, 0.717) is 22.8 Å². The summed E-state index contributed by atoms with van der Waals surface area (Å²) in [5, 5.41) is 10.8. The summed E-state index contributed by atoms with van der Waals surface area (Å²) < 4.78 is 5.50. The van der Waals surface area contributed by atoms with Crippen LogP contribution in [0.25, 0.3) is 5.76 Å². The predicted molar refractivity (Wildman–Crippen MR) is 75.9 cm³/mol. The lowest BCUT2D eigenvalue weighted by Crippen LogP contribution is -1.96. The van der Waals surface area contributed by atoms with Crippen molar-refractivity contribution in [3.63, 3.8) is 0 Å². The summed E-state index contributed by atoms with van der Waals surface area (Å²) in [4.78, 5) is 14.7. The Labute approximate surface area is 115 Å². The van der Waals surface area contributed by atoms with Crippen LogP contribution >= 0.6 is 0 Å². The maximum Gasteiger partial charge on any atom is 0.270 e. The molecule has 3 rings (SSSR count). The minimum Gasteiger partial charge on any atom is -0.438 e. The summed E-state index contributed by atoms with van der Waals surface area (Å²) in [5.74, 6) is 0.782. The van der Waals surface area contributed by atoms with Crippen LogP contribution in [0.5, 0.6) is 0 Å². The molecule has 0 atom stereocenters. The zero-order valence-electron chi connectivity index (χ0n) is 10.4. The number of rotatable bonds is 2. The molecule has 0 fully saturated rings. The van der Waals surface area contributed by atoms with E-state index in [2.05, 4.69) is 11.6 Å². The van der Waals surface area contributed by atoms with Crippen molar-refractivity contribution in [3.05, 3.63) is 76.4 Å². The fourth-order valence-corrected chi connectivity index (χ4v) is 1.99. The maximum atomic E-state index is 10.8. The Morgan fingerprint density at radius 3 is 2.55 bits per heavy atom. The Bertz CT molecular complexity index is 736. The van der Waals surface area contributed by atoms with E-state index >= 15 is 0 Å². The van der Waals surface area contributed by atoms with Crippen molar-refractivity contribution in [2.75, 3.05) is 0 Å². The maximum absolute atomic E-state index is 10.8. The molecular weight excluding hydrogens is 256 g/mol. The molecule has 0 amide bonds. The van der Waals surface area contributed by atoms with Crippen molar-refractivity contribution in [1.29, 1.82) is 0 Å². The smallest absolute Gasteiger partial charge is 0.270 e. The summed E-state index contributed by atoms with van der Waals surface area (Å²) in [7, 11) is 0. The van der Waals surface area contributed by atoms with E-state index in [4.69, 9.17) is 4.74 Å². The van der Waals surface area contributed by atoms with Crippen molar-refractivity contribution in [1.82, 2.24) is 0 Å². The number of hydrogen-bond donors (Lipinski definition) is 0. The molecule has 98 valence electrons. The molecule has 0 N–H and O–H groups in total. The Hall–Kier alpha value is -2.95. The first-order valence-electron chi connectivity index (χ1n) is 5.95. The lowest BCUT2D eigenvalue weighted by molar-refractivity contribution is -0.384. The molecule has 0 saturated carbocycles. The fourth-order valence-electron chi connectivity index (χ4n) is 1.99. The summed E-state index contributed by atoms with van der Waals surface area (Å²) in [6.07, 6.45) is 0. The van der Waals surface area contributed by atoms with E-state index < -0.39 is 4.92 Å². The van der Waals surface area contributed by atoms with Gasteiger partial charge in [0.25, 0.3) is 5.69 Å². The molecule has 0 aliphatic carbocycles. The Balaban J connectivity index is 2.07. The first-order valence-corrected chi connectivity index (χ1v) is 5.95. The molecule has 5 heteroatoms. The first-order chi connectivity index (χ1) is 9.65. The van der Waals surface area contributed by atoms with Crippen LogP contribution in [0.4, 0.5) is 11.4 Å². The van der Waals surface area contributed by atoms with E-state index in [1.54, 1.807) is 6.07 Å². The lowest BCUT2D eigenvalue weighted by atomic mass is 10.1. The highest BCUT2D eigenvalue weighted by molar-refractivity contribution is 6.07. The minimum atomic E-state index is -0.445. The number of fused-ring (bicyclic) bond motifs is 1. The van der Waals surface area contributed by atoms with E-state index in [-0.39, 0.29) is 5.69 Å². The number of hydrogen-bond acceptors (Lipinski definition) is 4. The van der Waals surface area contributed by atoms with Crippen LogP contribution < -0.4 is 0 Å². The van der Waals surface area contributed by atoms with Gasteiger partial charge in [0.15, 0.2) is 0 Å². The van der Waals surface area contributed by atoms with Gasteiger partial charge in [0.2, 0.25) is 5.90 Å². The summed E-state index contributed by atoms with van der Waals surface area (Å²) in [6, 6.07) is 13.9. The molecule has 1 aliphatic rings. The molecule has 0 saturated heterocycles. The number of non-ortho nitro benzene ring substituents is 1. The standard InChI is InChI=1S/C15H10N2O3/c1-10-14-9-12(17(18)19)7-8-13(14)15(20-10)16-11-5-3-2-4-6-11/h2-9H,1H2. The lowest BCUT2D eigenvalue weighted by Gasteiger charge is -1.98. The van der Waals surface area contributed by atoms with Crippen molar-refractivity contribution in [2.45, 2.75) is 0 Å². The summed E-state index contributed by atoms with van der Waals surface area (Å²) in [6.45, 7) is 3.76. The largest absolute Gasteiger partial charge is 0.438 e. The van der Waals surface area contributed by atoms with Crippen LogP contribution in [0.3, 0.4) is 0 Å². The van der Waals surface area contributed by atoms with Gasteiger partial charge in [-0.2, -0.15) is 0 Å². The van der Waals surface area contributed by atoms with Crippen molar-refractivity contribution >= 4 is 23.0 Å². The second kappa shape index (κ2) is 4.62. The molecule has 2 aromatic carbocycles. The van der Waals surface area contributed by atoms with Crippen LogP contribution in [-0.2, 0) is 4.74 Å². The van der Waals surface area contributed by atoms with Gasteiger partial charge >= 0.3 is 0 Å². The zero-order chi connectivity index (χ0) is 14.1. The number of ether oxygens (including phenoxy) is 1. The van der Waals surface area contributed by atoms with Gasteiger partial charge in [0.05, 0.1) is 10.6 Å². The molecule has 0 aromatic heterocycles. The number of benzene rings is 2. The van der Waals surface area contributed by atoms with E-state index in [1.807, 2.05) is 30.3 Å². The molecule has 5 nitrogen and oxygen atoms in total. The SMILES string of the molecule is C=C1OC(=Nc2ccccc2)c2ccc([N+](=O)[O-])cc21. The molecule has 0 unspecified atom stereocenters. The molecule has 1 aliphatic heterocycles. The normalized spacial score (nSPS) is 15.0. The fraction of sp³-hybridized carbons (Fsp3) is 0. The number of aliphatic imine (C=N–C) groups is 1. The highest BCUT2D eigenvalue weighted by Crippen LogP contribution is 2.32. The van der Waals surface area contributed by atoms with Gasteiger partial charge in [-0.05, 0) is 18.2 Å². The Morgan fingerprint density at radius 1 is 1.10 bits per heavy atom. The molecule has 0 radical (unpaired) electrons. The van der Waals surface area contributed by atoms with Gasteiger partial charge in [0, 0.05) is 23.3 Å². The minimum absolute atomic E-state index is 0.00876. The van der Waals surface area contributed by atoms with Crippen molar-refractivity contribution in [2.24, 2.45) is 4.99 Å². The monoisotopic (exact) mass is 266 g/mol. The molecular formula is C15H10N2O3. The Morgan fingerprint density at radius 2 is 1.85 bits per heavy atom. The van der Waals surface area contributed by atoms with E-state index in [1.165, 1.54) is 12.1 Å². The molecule has 0 spiro atoms. The van der Waals surface area contributed by atoms with Crippen LogP contribution in [0.15, 0.2) is 60.1 Å². The second-order valence-electron chi connectivity index (χ2n) is 4.26. The number of nitro benzene ring substituents is 1. The quantitative estimate of drug-likeness (QED) is 0.615. The van der Waals surface area contributed by atoms with Gasteiger partial charge in [-0.25, -0.2) is 4.99 Å². The van der Waals surface area contributed by atoms with Gasteiger partial charge in [0.1, 0.15) is 5.76 Å². The highest BCUT2D eigenvalue weighted by Gasteiger charge is 2.25. The van der Waals surface area contributed by atoms with E-state index in [0.717, 1.165) is 5.69 Å². The predicted octanol–water partition coefficient (Wildman–Crippen LogP) is 3.67. The number of para-hydroxylation sites is 1. The third kappa shape index (κ3) is 2.05. The average molecular weight is 266 g/mol. The van der Waals surface area contributed by atoms with Gasteiger partial charge in [-0.1, -0.05) is 24.8 Å². The zero-order valence-corrected chi connectivity index (χ0v) is 10.4. The highest BCUT2D eigenvalue weighted by atomic mass is 16.6. The molecule has 1 heterocycles. The van der Waals surface area contributed by atoms with Crippen LogP contribution in [0.2, 0.25) is 0 Å². The molecule has 2 aromatic rings. The van der Waals surface area contributed by atoms with Gasteiger partial charge in [-0.3, -0.25) is 10.1 Å². The van der Waals surface area contributed by atoms with Crippen molar-refractivity contribution in [3.8, 4) is 0 Å². The summed E-state index contributed by atoms with van der Waals surface area (Å²) >= 11 is 0. The number of nitro groups is 1. The molecule has 20 heavy (non-hydrogen) atoms. The van der Waals surface area contributed by atoms with E-state index in [9.17, 15) is 10.1 Å². The Kier molecular flexibility index (Phi) is 2.80. The second-order valence-corrected chi connectivity index (χ2v) is 4.26. The topological polar surface area (TPSA) is 64.7 Å². The van der Waals surface area contributed by atoms with Gasteiger partial charge in [-0.15, -0.1) is 0 Å². The van der Waals surface area contributed by atoms with Crippen LogP contribution in [0, 0.1) is 10.1 Å². The van der Waals surface area contributed by atoms with Gasteiger partial charge < -0.3 is 4.74 Å².